The van der Waals surface area contributed by atoms with Gasteiger partial charge in [-0.25, -0.2) is 9.37 Å². The Hall–Kier alpha value is -4.13. The third-order valence-corrected chi connectivity index (χ3v) is 5.49. The van der Waals surface area contributed by atoms with Crippen molar-refractivity contribution in [3.05, 3.63) is 114 Å². The van der Waals surface area contributed by atoms with Gasteiger partial charge in [-0.15, -0.1) is 0 Å². The molecule has 5 aromatic rings. The van der Waals surface area contributed by atoms with Crippen LogP contribution in [0.2, 0.25) is 0 Å². The Labute approximate surface area is 192 Å². The van der Waals surface area contributed by atoms with Crippen molar-refractivity contribution in [3.63, 3.8) is 0 Å². The van der Waals surface area contributed by atoms with Crippen LogP contribution in [-0.4, -0.2) is 9.55 Å². The molecule has 0 N–H and O–H groups in total. The first-order valence-corrected chi connectivity index (χ1v) is 10.5. The SMILES string of the molecule is Fc1cccc(-c2ccc3c(ccn3Cc3coc(/C=C/c4ccc(C(F)(F)F)cc4)n3)c2)c1. The lowest BCUT2D eigenvalue weighted by Gasteiger charge is -2.05. The molecule has 0 bridgehead atoms. The fraction of sp³-hybridized carbons (Fsp3) is 0.0741. The van der Waals surface area contributed by atoms with E-state index in [1.54, 1.807) is 24.5 Å². The van der Waals surface area contributed by atoms with Crippen molar-refractivity contribution in [3.8, 4) is 11.1 Å². The fourth-order valence-electron chi connectivity index (χ4n) is 3.78. The van der Waals surface area contributed by atoms with Crippen molar-refractivity contribution in [2.24, 2.45) is 0 Å². The first kappa shape index (κ1) is 21.7. The minimum absolute atomic E-state index is 0.274. The number of nitrogens with zero attached hydrogens (tertiary/aromatic N) is 2. The van der Waals surface area contributed by atoms with Crippen LogP contribution >= 0.6 is 0 Å². The van der Waals surface area contributed by atoms with Crippen LogP contribution in [0.25, 0.3) is 34.2 Å². The van der Waals surface area contributed by atoms with E-state index >= 15 is 0 Å². The van der Waals surface area contributed by atoms with E-state index in [0.717, 1.165) is 34.2 Å². The maximum Gasteiger partial charge on any atom is 0.416 e. The molecule has 2 aromatic heterocycles. The van der Waals surface area contributed by atoms with Gasteiger partial charge in [-0.05, 0) is 65.2 Å². The molecule has 34 heavy (non-hydrogen) atoms. The molecule has 0 fully saturated rings. The number of oxazole rings is 1. The highest BCUT2D eigenvalue weighted by atomic mass is 19.4. The summed E-state index contributed by atoms with van der Waals surface area (Å²) in [4.78, 5) is 4.44. The zero-order chi connectivity index (χ0) is 23.7. The van der Waals surface area contributed by atoms with Gasteiger partial charge in [0.2, 0.25) is 5.89 Å². The van der Waals surface area contributed by atoms with Gasteiger partial charge >= 0.3 is 6.18 Å². The summed E-state index contributed by atoms with van der Waals surface area (Å²) in [6.07, 6.45) is 2.41. The molecule has 0 radical (unpaired) electrons. The zero-order valence-corrected chi connectivity index (χ0v) is 17.8. The number of fused-ring (bicyclic) bond motifs is 1. The summed E-state index contributed by atoms with van der Waals surface area (Å²) in [6.45, 7) is 0.487. The van der Waals surface area contributed by atoms with Crippen LogP contribution in [0.1, 0.15) is 22.7 Å². The van der Waals surface area contributed by atoms with Crippen LogP contribution in [0.5, 0.6) is 0 Å². The highest BCUT2D eigenvalue weighted by Crippen LogP contribution is 2.29. The number of aromatic nitrogens is 2. The second-order valence-corrected chi connectivity index (χ2v) is 7.86. The molecule has 3 aromatic carbocycles. The van der Waals surface area contributed by atoms with Gasteiger partial charge in [0, 0.05) is 23.2 Å². The average Bonchev–Trinajstić information content (AvgIpc) is 3.44. The third kappa shape index (κ3) is 4.64. The Balaban J connectivity index is 1.30. The van der Waals surface area contributed by atoms with Crippen LogP contribution in [0.4, 0.5) is 17.6 Å². The standard InChI is InChI=1S/C27H18F4N2O/c28-23-3-1-2-19(15-23)20-7-10-25-21(14-20)12-13-33(25)16-24-17-34-26(32-24)11-6-18-4-8-22(9-5-18)27(29,30)31/h1-15,17H,16H2/b11-6+. The van der Waals surface area contributed by atoms with Gasteiger partial charge in [-0.2, -0.15) is 13.2 Å². The maximum atomic E-state index is 13.6. The summed E-state index contributed by atoms with van der Waals surface area (Å²) in [6, 6.07) is 19.3. The molecule has 170 valence electrons. The number of hydrogen-bond acceptors (Lipinski definition) is 2. The molecule has 0 saturated heterocycles. The minimum Gasteiger partial charge on any atom is -0.445 e. The Kier molecular flexibility index (Phi) is 5.53. The van der Waals surface area contributed by atoms with Crippen molar-refractivity contribution >= 4 is 23.1 Å². The number of alkyl halides is 3. The molecule has 0 spiro atoms. The van der Waals surface area contributed by atoms with Crippen LogP contribution in [0, 0.1) is 5.82 Å². The summed E-state index contributed by atoms with van der Waals surface area (Å²) in [5.74, 6) is 0.0872. The number of benzene rings is 3. The van der Waals surface area contributed by atoms with Crippen LogP contribution in [0.15, 0.2) is 89.7 Å². The van der Waals surface area contributed by atoms with Crippen molar-refractivity contribution in [1.82, 2.24) is 9.55 Å². The highest BCUT2D eigenvalue weighted by molar-refractivity contribution is 5.85. The lowest BCUT2D eigenvalue weighted by atomic mass is 10.0. The molecule has 0 amide bonds. The molecule has 7 heteroatoms. The summed E-state index contributed by atoms with van der Waals surface area (Å²) < 4.78 is 59.1. The average molecular weight is 462 g/mol. The van der Waals surface area contributed by atoms with Crippen molar-refractivity contribution in [1.29, 1.82) is 0 Å². The Bertz CT molecular complexity index is 1480. The third-order valence-electron chi connectivity index (χ3n) is 5.49. The van der Waals surface area contributed by atoms with Gasteiger partial charge in [0.15, 0.2) is 0 Å². The summed E-state index contributed by atoms with van der Waals surface area (Å²) in [7, 11) is 0. The molecule has 0 atom stereocenters. The molecule has 5 rings (SSSR count). The minimum atomic E-state index is -4.36. The van der Waals surface area contributed by atoms with E-state index < -0.39 is 11.7 Å². The van der Waals surface area contributed by atoms with Gasteiger partial charge in [-0.3, -0.25) is 0 Å². The molecule has 0 aliphatic heterocycles. The lowest BCUT2D eigenvalue weighted by Crippen LogP contribution is -2.03. The molecule has 0 saturated carbocycles. The fourth-order valence-corrected chi connectivity index (χ4v) is 3.78. The smallest absolute Gasteiger partial charge is 0.416 e. The van der Waals surface area contributed by atoms with Crippen LogP contribution in [-0.2, 0) is 12.7 Å². The summed E-state index contributed by atoms with van der Waals surface area (Å²) >= 11 is 0. The molecule has 0 aliphatic carbocycles. The number of halogens is 4. The summed E-state index contributed by atoms with van der Waals surface area (Å²) in [5, 5.41) is 1.02. The Morgan fingerprint density at radius 3 is 2.44 bits per heavy atom. The highest BCUT2D eigenvalue weighted by Gasteiger charge is 2.29. The van der Waals surface area contributed by atoms with Crippen molar-refractivity contribution < 1.29 is 22.0 Å². The predicted octanol–water partition coefficient (Wildman–Crippen LogP) is 7.67. The molecule has 0 aliphatic rings. The van der Waals surface area contributed by atoms with E-state index in [1.807, 2.05) is 41.1 Å². The van der Waals surface area contributed by atoms with E-state index in [4.69, 9.17) is 4.42 Å². The summed E-state index contributed by atoms with van der Waals surface area (Å²) in [5.41, 5.74) is 3.38. The van der Waals surface area contributed by atoms with E-state index in [-0.39, 0.29) is 5.82 Å². The van der Waals surface area contributed by atoms with Crippen LogP contribution in [0.3, 0.4) is 0 Å². The van der Waals surface area contributed by atoms with Gasteiger partial charge in [0.25, 0.3) is 0 Å². The number of rotatable bonds is 5. The van der Waals surface area contributed by atoms with E-state index in [9.17, 15) is 17.6 Å². The van der Waals surface area contributed by atoms with Gasteiger partial charge in [0.05, 0.1) is 17.8 Å². The monoisotopic (exact) mass is 462 g/mol. The van der Waals surface area contributed by atoms with E-state index in [2.05, 4.69) is 4.98 Å². The van der Waals surface area contributed by atoms with Gasteiger partial charge in [-0.1, -0.05) is 30.3 Å². The molecule has 0 unspecified atom stereocenters. The van der Waals surface area contributed by atoms with Gasteiger partial charge < -0.3 is 8.98 Å². The van der Waals surface area contributed by atoms with Gasteiger partial charge in [0.1, 0.15) is 12.1 Å². The molecule has 3 nitrogen and oxygen atoms in total. The molecule has 2 heterocycles. The number of hydrogen-bond donors (Lipinski definition) is 0. The molecular weight excluding hydrogens is 444 g/mol. The Morgan fingerprint density at radius 1 is 0.882 bits per heavy atom. The van der Waals surface area contributed by atoms with E-state index in [1.165, 1.54) is 24.3 Å². The largest absolute Gasteiger partial charge is 0.445 e. The zero-order valence-electron chi connectivity index (χ0n) is 17.8. The second-order valence-electron chi connectivity index (χ2n) is 7.86. The first-order chi connectivity index (χ1) is 16.3. The predicted molar refractivity (Wildman–Crippen MR) is 123 cm³/mol. The quantitative estimate of drug-likeness (QED) is 0.251. The topological polar surface area (TPSA) is 31.0 Å². The Morgan fingerprint density at radius 2 is 1.68 bits per heavy atom. The lowest BCUT2D eigenvalue weighted by molar-refractivity contribution is -0.137. The molecular formula is C27H18F4N2O. The van der Waals surface area contributed by atoms with Crippen LogP contribution < -0.4 is 0 Å². The maximum absolute atomic E-state index is 13.6. The van der Waals surface area contributed by atoms with Crippen molar-refractivity contribution in [2.45, 2.75) is 12.7 Å². The first-order valence-electron chi connectivity index (χ1n) is 10.5. The second kappa shape index (κ2) is 8.67. The normalized spacial score (nSPS) is 12.1. The van der Waals surface area contributed by atoms with E-state index in [0.29, 0.717) is 23.7 Å². The van der Waals surface area contributed by atoms with Crippen molar-refractivity contribution in [2.75, 3.05) is 0 Å².